The van der Waals surface area contributed by atoms with Crippen LogP contribution in [-0.2, 0) is 11.2 Å². The molecule has 23 heavy (non-hydrogen) atoms. The Morgan fingerprint density at radius 2 is 2.00 bits per heavy atom. The normalized spacial score (nSPS) is 11.6. The number of hydrogen-bond acceptors (Lipinski definition) is 4. The van der Waals surface area contributed by atoms with Gasteiger partial charge in [0.15, 0.2) is 6.10 Å². The fraction of sp³-hybridized carbons (Fsp3) is 0.235. The number of hydrogen-bond donors (Lipinski definition) is 1. The van der Waals surface area contributed by atoms with Gasteiger partial charge < -0.3 is 10.1 Å². The molecule has 6 nitrogen and oxygen atoms in total. The van der Waals surface area contributed by atoms with Gasteiger partial charge in [0.25, 0.3) is 11.6 Å². The molecule has 0 saturated heterocycles. The van der Waals surface area contributed by atoms with Crippen LogP contribution in [0.1, 0.15) is 19.4 Å². The number of para-hydroxylation sites is 2. The molecule has 1 N–H and O–H groups in total. The van der Waals surface area contributed by atoms with Crippen LogP contribution in [0.15, 0.2) is 48.5 Å². The van der Waals surface area contributed by atoms with Gasteiger partial charge in [-0.15, -0.1) is 0 Å². The lowest BCUT2D eigenvalue weighted by Gasteiger charge is -2.15. The van der Waals surface area contributed by atoms with Gasteiger partial charge in [-0.2, -0.15) is 0 Å². The molecular weight excluding hydrogens is 296 g/mol. The molecule has 0 bridgehead atoms. The van der Waals surface area contributed by atoms with E-state index < -0.39 is 16.9 Å². The predicted octanol–water partition coefficient (Wildman–Crippen LogP) is 3.56. The van der Waals surface area contributed by atoms with Crippen molar-refractivity contribution in [3.63, 3.8) is 0 Å². The molecule has 2 aromatic rings. The molecular formula is C17H18N2O4. The van der Waals surface area contributed by atoms with Crippen molar-refractivity contribution in [3.05, 3.63) is 64.2 Å². The van der Waals surface area contributed by atoms with Crippen LogP contribution in [0.5, 0.6) is 5.75 Å². The van der Waals surface area contributed by atoms with Crippen LogP contribution in [0, 0.1) is 10.1 Å². The Morgan fingerprint density at radius 3 is 2.70 bits per heavy atom. The molecule has 0 heterocycles. The number of nitro benzene ring substituents is 1. The van der Waals surface area contributed by atoms with E-state index in [1.54, 1.807) is 25.1 Å². The summed E-state index contributed by atoms with van der Waals surface area (Å²) in [6.07, 6.45) is 0.0930. The van der Waals surface area contributed by atoms with E-state index in [0.29, 0.717) is 5.75 Å². The molecule has 2 aromatic carbocycles. The second kappa shape index (κ2) is 7.40. The third-order valence-electron chi connectivity index (χ3n) is 3.35. The first kappa shape index (κ1) is 16.5. The number of carbonyl (C=O) groups excluding carboxylic acids is 1. The van der Waals surface area contributed by atoms with Gasteiger partial charge in [-0.25, -0.2) is 0 Å². The summed E-state index contributed by atoms with van der Waals surface area (Å²) in [6, 6.07) is 13.5. The number of aryl methyl sites for hydroxylation is 1. The van der Waals surface area contributed by atoms with Crippen molar-refractivity contribution >= 4 is 17.3 Å². The van der Waals surface area contributed by atoms with Gasteiger partial charge in [0.05, 0.1) is 4.92 Å². The summed E-state index contributed by atoms with van der Waals surface area (Å²) in [4.78, 5) is 22.6. The quantitative estimate of drug-likeness (QED) is 0.653. The van der Waals surface area contributed by atoms with Gasteiger partial charge in [0.2, 0.25) is 0 Å². The number of rotatable bonds is 6. The van der Waals surface area contributed by atoms with Gasteiger partial charge in [-0.1, -0.05) is 31.2 Å². The van der Waals surface area contributed by atoms with Crippen molar-refractivity contribution in [1.82, 2.24) is 0 Å². The van der Waals surface area contributed by atoms with Crippen LogP contribution in [0.3, 0.4) is 0 Å². The van der Waals surface area contributed by atoms with E-state index in [-0.39, 0.29) is 11.4 Å². The van der Waals surface area contributed by atoms with E-state index in [2.05, 4.69) is 5.32 Å². The van der Waals surface area contributed by atoms with Crippen LogP contribution < -0.4 is 10.1 Å². The highest BCUT2D eigenvalue weighted by Gasteiger charge is 2.19. The summed E-state index contributed by atoms with van der Waals surface area (Å²) in [7, 11) is 0. The average molecular weight is 314 g/mol. The van der Waals surface area contributed by atoms with E-state index in [9.17, 15) is 14.9 Å². The highest BCUT2D eigenvalue weighted by atomic mass is 16.6. The molecule has 2 rings (SSSR count). The second-order valence-corrected chi connectivity index (χ2v) is 5.02. The fourth-order valence-corrected chi connectivity index (χ4v) is 2.07. The lowest BCUT2D eigenvalue weighted by molar-refractivity contribution is -0.383. The molecule has 0 saturated carbocycles. The minimum atomic E-state index is -0.776. The van der Waals surface area contributed by atoms with E-state index in [1.807, 2.05) is 25.1 Å². The fourth-order valence-electron chi connectivity index (χ4n) is 2.07. The number of amides is 1. The Hall–Kier alpha value is -2.89. The Kier molecular flexibility index (Phi) is 5.30. The molecule has 1 atom stereocenters. The zero-order chi connectivity index (χ0) is 16.8. The zero-order valence-corrected chi connectivity index (χ0v) is 13.0. The van der Waals surface area contributed by atoms with Crippen molar-refractivity contribution in [2.24, 2.45) is 0 Å². The molecule has 0 spiro atoms. The van der Waals surface area contributed by atoms with Crippen molar-refractivity contribution in [2.45, 2.75) is 26.4 Å². The number of nitro groups is 1. The van der Waals surface area contributed by atoms with Crippen molar-refractivity contribution in [3.8, 4) is 5.75 Å². The summed E-state index contributed by atoms with van der Waals surface area (Å²) in [6.45, 7) is 3.63. The average Bonchev–Trinajstić information content (AvgIpc) is 2.55. The number of nitrogens with one attached hydrogen (secondary N) is 1. The summed E-state index contributed by atoms with van der Waals surface area (Å²) in [5.41, 5.74) is 1.11. The lowest BCUT2D eigenvalue weighted by Crippen LogP contribution is -2.30. The Morgan fingerprint density at radius 1 is 1.26 bits per heavy atom. The second-order valence-electron chi connectivity index (χ2n) is 5.02. The maximum absolute atomic E-state index is 12.2. The number of benzene rings is 2. The summed E-state index contributed by atoms with van der Waals surface area (Å²) in [5.74, 6) is 0.149. The Balaban J connectivity index is 2.07. The third kappa shape index (κ3) is 4.29. The SMILES string of the molecule is CCc1cccc(OC(C)C(=O)Nc2ccccc2[N+](=O)[O-])c1. The summed E-state index contributed by atoms with van der Waals surface area (Å²) >= 11 is 0. The van der Waals surface area contributed by atoms with Gasteiger partial charge in [0.1, 0.15) is 11.4 Å². The predicted molar refractivity (Wildman–Crippen MR) is 87.6 cm³/mol. The largest absolute Gasteiger partial charge is 0.481 e. The first-order valence-corrected chi connectivity index (χ1v) is 7.31. The molecule has 1 amide bonds. The summed E-state index contributed by atoms with van der Waals surface area (Å²) < 4.78 is 5.61. The van der Waals surface area contributed by atoms with E-state index in [1.165, 1.54) is 12.1 Å². The van der Waals surface area contributed by atoms with Crippen molar-refractivity contribution < 1.29 is 14.5 Å². The zero-order valence-electron chi connectivity index (χ0n) is 13.0. The minimum absolute atomic E-state index is 0.152. The molecule has 0 aromatic heterocycles. The molecule has 6 heteroatoms. The van der Waals surface area contributed by atoms with Gasteiger partial charge >= 0.3 is 0 Å². The van der Waals surface area contributed by atoms with Crippen molar-refractivity contribution in [1.29, 1.82) is 0 Å². The molecule has 120 valence electrons. The highest BCUT2D eigenvalue weighted by molar-refractivity contribution is 5.96. The molecule has 0 radical (unpaired) electrons. The maximum atomic E-state index is 12.2. The van der Waals surface area contributed by atoms with Gasteiger partial charge in [-0.3, -0.25) is 14.9 Å². The Labute approximate surface area is 134 Å². The monoisotopic (exact) mass is 314 g/mol. The van der Waals surface area contributed by atoms with E-state index in [4.69, 9.17) is 4.74 Å². The number of ether oxygens (including phenoxy) is 1. The molecule has 0 fully saturated rings. The first-order valence-electron chi connectivity index (χ1n) is 7.31. The van der Waals surface area contributed by atoms with Crippen LogP contribution in [-0.4, -0.2) is 16.9 Å². The molecule has 1 unspecified atom stereocenters. The van der Waals surface area contributed by atoms with Crippen LogP contribution >= 0.6 is 0 Å². The van der Waals surface area contributed by atoms with Gasteiger partial charge in [-0.05, 0) is 37.1 Å². The number of carbonyl (C=O) groups is 1. The van der Waals surface area contributed by atoms with Crippen LogP contribution in [0.4, 0.5) is 11.4 Å². The minimum Gasteiger partial charge on any atom is -0.481 e. The maximum Gasteiger partial charge on any atom is 0.292 e. The van der Waals surface area contributed by atoms with Crippen LogP contribution in [0.2, 0.25) is 0 Å². The van der Waals surface area contributed by atoms with E-state index >= 15 is 0 Å². The van der Waals surface area contributed by atoms with Gasteiger partial charge in [0, 0.05) is 6.07 Å². The highest BCUT2D eigenvalue weighted by Crippen LogP contribution is 2.23. The topological polar surface area (TPSA) is 81.5 Å². The standard InChI is InChI=1S/C17H18N2O4/c1-3-13-7-6-8-14(11-13)23-12(2)17(20)18-15-9-4-5-10-16(15)19(21)22/h4-12H,3H2,1-2H3,(H,18,20). The van der Waals surface area contributed by atoms with Crippen molar-refractivity contribution in [2.75, 3.05) is 5.32 Å². The lowest BCUT2D eigenvalue weighted by atomic mass is 10.2. The molecule has 0 aliphatic carbocycles. The van der Waals surface area contributed by atoms with E-state index in [0.717, 1.165) is 12.0 Å². The number of nitrogens with zero attached hydrogens (tertiary/aromatic N) is 1. The summed E-state index contributed by atoms with van der Waals surface area (Å²) in [5, 5.41) is 13.5. The molecule has 0 aliphatic heterocycles. The number of anilines is 1. The smallest absolute Gasteiger partial charge is 0.292 e. The molecule has 0 aliphatic rings. The Bertz CT molecular complexity index is 715. The van der Waals surface area contributed by atoms with Crippen LogP contribution in [0.25, 0.3) is 0 Å². The first-order chi connectivity index (χ1) is 11.0. The third-order valence-corrected chi connectivity index (χ3v) is 3.35.